The minimum absolute atomic E-state index is 0.279. The van der Waals surface area contributed by atoms with Crippen LogP contribution in [0.15, 0.2) is 54.6 Å². The maximum Gasteiger partial charge on any atom is 0.261 e. The topological polar surface area (TPSA) is 74.3 Å². The molecule has 0 saturated carbocycles. The van der Waals surface area contributed by atoms with Gasteiger partial charge in [-0.3, -0.25) is 14.5 Å². The van der Waals surface area contributed by atoms with Crippen LogP contribution in [0.1, 0.15) is 47.1 Å². The van der Waals surface area contributed by atoms with E-state index in [2.05, 4.69) is 0 Å². The standard InChI is InChI=1S/C26H29NO6S/c1-26(2,3)25-31-14-18-20(33-25)21(30-13-15-9-5-4-6-10-15)19(24(34)32-18)27-22(28)16-11-7-8-12-17(16)23(27)29/h4-12,18-21,24-25,34H,13-14H2,1-3H3/p-1/t18-,19-,20+,21-,24+,25?/m1/s1. The molecule has 0 aromatic heterocycles. The number of fused-ring (bicyclic) bond motifs is 2. The zero-order valence-electron chi connectivity index (χ0n) is 19.4. The molecule has 3 aliphatic heterocycles. The first-order valence-electron chi connectivity index (χ1n) is 11.5. The average molecular weight is 483 g/mol. The van der Waals surface area contributed by atoms with Crippen LogP contribution in [0.5, 0.6) is 0 Å². The third-order valence-corrected chi connectivity index (χ3v) is 6.81. The zero-order valence-corrected chi connectivity index (χ0v) is 20.2. The second-order valence-electron chi connectivity index (χ2n) is 9.95. The molecule has 34 heavy (non-hydrogen) atoms. The van der Waals surface area contributed by atoms with Crippen LogP contribution in [-0.4, -0.2) is 59.4 Å². The molecule has 0 aliphatic carbocycles. The molecule has 2 aromatic carbocycles. The quantitative estimate of drug-likeness (QED) is 0.489. The number of hydrogen-bond acceptors (Lipinski definition) is 7. The van der Waals surface area contributed by atoms with Gasteiger partial charge in [0.15, 0.2) is 6.29 Å². The summed E-state index contributed by atoms with van der Waals surface area (Å²) in [5, 5.41) is 0. The highest BCUT2D eigenvalue weighted by atomic mass is 32.1. The lowest BCUT2D eigenvalue weighted by Gasteiger charge is -2.55. The highest BCUT2D eigenvalue weighted by Gasteiger charge is 2.54. The first-order valence-corrected chi connectivity index (χ1v) is 11.9. The summed E-state index contributed by atoms with van der Waals surface area (Å²) in [6, 6.07) is 15.7. The van der Waals surface area contributed by atoms with Crippen molar-refractivity contribution in [2.75, 3.05) is 6.61 Å². The van der Waals surface area contributed by atoms with Crippen LogP contribution in [0.2, 0.25) is 0 Å². The Morgan fingerprint density at radius 3 is 2.21 bits per heavy atom. The maximum absolute atomic E-state index is 13.3. The summed E-state index contributed by atoms with van der Waals surface area (Å²) in [5.74, 6) is -0.787. The van der Waals surface area contributed by atoms with Gasteiger partial charge < -0.3 is 31.6 Å². The number of imide groups is 1. The molecule has 7 nitrogen and oxygen atoms in total. The predicted octanol–water partition coefficient (Wildman–Crippen LogP) is 3.30. The molecule has 8 heteroatoms. The van der Waals surface area contributed by atoms with Crippen molar-refractivity contribution in [1.82, 2.24) is 4.90 Å². The molecular formula is C26H28NO6S-. The van der Waals surface area contributed by atoms with E-state index in [4.69, 9.17) is 31.6 Å². The summed E-state index contributed by atoms with van der Waals surface area (Å²) >= 11 is 5.68. The highest BCUT2D eigenvalue weighted by Crippen LogP contribution is 2.39. The van der Waals surface area contributed by atoms with Gasteiger partial charge in [0.2, 0.25) is 0 Å². The largest absolute Gasteiger partial charge is 0.759 e. The third kappa shape index (κ3) is 4.18. The van der Waals surface area contributed by atoms with E-state index in [1.54, 1.807) is 24.3 Å². The first-order chi connectivity index (χ1) is 16.3. The van der Waals surface area contributed by atoms with Crippen molar-refractivity contribution in [3.63, 3.8) is 0 Å². The Hall–Kier alpha value is -2.23. The van der Waals surface area contributed by atoms with E-state index in [1.807, 2.05) is 51.1 Å². The number of hydrogen-bond donors (Lipinski definition) is 0. The lowest BCUT2D eigenvalue weighted by Crippen LogP contribution is -2.68. The smallest absolute Gasteiger partial charge is 0.261 e. The van der Waals surface area contributed by atoms with Crippen molar-refractivity contribution in [3.8, 4) is 0 Å². The molecule has 1 unspecified atom stereocenters. The Kier molecular flexibility index (Phi) is 6.29. The summed E-state index contributed by atoms with van der Waals surface area (Å²) in [4.78, 5) is 27.9. The fourth-order valence-electron chi connectivity index (χ4n) is 4.72. The van der Waals surface area contributed by atoms with Gasteiger partial charge in [-0.2, -0.15) is 0 Å². The summed E-state index contributed by atoms with van der Waals surface area (Å²) in [5.41, 5.74) is 0.526. The van der Waals surface area contributed by atoms with Gasteiger partial charge in [-0.05, 0) is 23.1 Å². The van der Waals surface area contributed by atoms with Crippen LogP contribution in [-0.2, 0) is 38.2 Å². The Morgan fingerprint density at radius 2 is 1.59 bits per heavy atom. The van der Waals surface area contributed by atoms with E-state index >= 15 is 0 Å². The van der Waals surface area contributed by atoms with Crippen LogP contribution >= 0.6 is 0 Å². The molecule has 3 aliphatic rings. The molecule has 3 heterocycles. The molecule has 2 aromatic rings. The fourth-order valence-corrected chi connectivity index (χ4v) is 5.14. The Morgan fingerprint density at radius 1 is 0.971 bits per heavy atom. The number of carbonyl (C=O) groups is 2. The van der Waals surface area contributed by atoms with Gasteiger partial charge in [0.05, 0.1) is 30.4 Å². The molecule has 2 fully saturated rings. The van der Waals surface area contributed by atoms with Gasteiger partial charge in [-0.15, -0.1) is 0 Å². The summed E-state index contributed by atoms with van der Waals surface area (Å²) < 4.78 is 24.8. The van der Waals surface area contributed by atoms with Gasteiger partial charge in [0.1, 0.15) is 18.3 Å². The van der Waals surface area contributed by atoms with Crippen LogP contribution < -0.4 is 0 Å². The molecule has 0 spiro atoms. The SMILES string of the molecule is CC(C)(C)C1OC[C@H]2O[C@@H]([S-])[C@H](N3C(=O)c4ccccc4C3=O)[C@@H](OCc3ccccc3)[C@H]2O1. The number of rotatable bonds is 4. The van der Waals surface area contributed by atoms with Crippen molar-refractivity contribution in [3.05, 3.63) is 71.3 Å². The van der Waals surface area contributed by atoms with Crippen molar-refractivity contribution < 1.29 is 28.5 Å². The van der Waals surface area contributed by atoms with E-state index in [0.717, 1.165) is 5.56 Å². The summed E-state index contributed by atoms with van der Waals surface area (Å²) in [7, 11) is 0. The molecule has 6 atom stereocenters. The van der Waals surface area contributed by atoms with Crippen LogP contribution in [0.4, 0.5) is 0 Å². The van der Waals surface area contributed by atoms with Gasteiger partial charge in [0, 0.05) is 5.41 Å². The van der Waals surface area contributed by atoms with Gasteiger partial charge >= 0.3 is 0 Å². The van der Waals surface area contributed by atoms with E-state index in [-0.39, 0.29) is 12.0 Å². The fraction of sp³-hybridized carbons (Fsp3) is 0.462. The second-order valence-corrected chi connectivity index (χ2v) is 10.4. The molecule has 5 rings (SSSR count). The molecule has 2 saturated heterocycles. The molecule has 0 radical (unpaired) electrons. The van der Waals surface area contributed by atoms with E-state index < -0.39 is 47.9 Å². The predicted molar refractivity (Wildman–Crippen MR) is 126 cm³/mol. The first kappa shape index (κ1) is 23.5. The number of amides is 2. The van der Waals surface area contributed by atoms with E-state index in [1.165, 1.54) is 4.90 Å². The third-order valence-electron chi connectivity index (χ3n) is 6.42. The van der Waals surface area contributed by atoms with Crippen molar-refractivity contribution >= 4 is 24.4 Å². The van der Waals surface area contributed by atoms with E-state index in [0.29, 0.717) is 17.7 Å². The van der Waals surface area contributed by atoms with Gasteiger partial charge in [0.25, 0.3) is 11.8 Å². The molecule has 2 amide bonds. The summed E-state index contributed by atoms with van der Waals surface area (Å²) in [6.45, 7) is 6.65. The number of nitrogens with zero attached hydrogens (tertiary/aromatic N) is 1. The van der Waals surface area contributed by atoms with Crippen molar-refractivity contribution in [2.24, 2.45) is 5.41 Å². The Balaban J connectivity index is 1.49. The average Bonchev–Trinajstić information content (AvgIpc) is 3.07. The molecule has 0 N–H and O–H groups in total. The summed E-state index contributed by atoms with van der Waals surface area (Å²) in [6.07, 6.45) is -2.20. The minimum Gasteiger partial charge on any atom is -0.759 e. The molecule has 0 bridgehead atoms. The minimum atomic E-state index is -0.873. The van der Waals surface area contributed by atoms with Gasteiger partial charge in [-0.1, -0.05) is 63.2 Å². The van der Waals surface area contributed by atoms with Crippen LogP contribution in [0.25, 0.3) is 0 Å². The van der Waals surface area contributed by atoms with E-state index in [9.17, 15) is 9.59 Å². The number of ether oxygens (including phenoxy) is 4. The Bertz CT molecular complexity index is 1040. The normalized spacial score (nSPS) is 31.4. The number of carbonyl (C=O) groups excluding carboxylic acids is 2. The lowest BCUT2D eigenvalue weighted by molar-refractivity contribution is -0.333. The molecule has 180 valence electrons. The Labute approximate surface area is 204 Å². The molecular weight excluding hydrogens is 454 g/mol. The zero-order chi connectivity index (χ0) is 24.0. The van der Waals surface area contributed by atoms with Gasteiger partial charge in [-0.25, -0.2) is 0 Å². The maximum atomic E-state index is 13.3. The van der Waals surface area contributed by atoms with Crippen LogP contribution in [0, 0.1) is 5.41 Å². The van der Waals surface area contributed by atoms with Crippen LogP contribution in [0.3, 0.4) is 0 Å². The number of benzene rings is 2. The lowest BCUT2D eigenvalue weighted by atomic mass is 9.91. The van der Waals surface area contributed by atoms with Crippen molar-refractivity contribution in [2.45, 2.75) is 63.5 Å². The second kappa shape index (κ2) is 9.09. The highest BCUT2D eigenvalue weighted by molar-refractivity contribution is 7.59. The van der Waals surface area contributed by atoms with Crippen molar-refractivity contribution in [1.29, 1.82) is 0 Å². The monoisotopic (exact) mass is 482 g/mol.